The van der Waals surface area contributed by atoms with E-state index in [0.29, 0.717) is 0 Å². The van der Waals surface area contributed by atoms with Gasteiger partial charge in [-0.25, -0.2) is 0 Å². The minimum absolute atomic E-state index is 0.00832. The summed E-state index contributed by atoms with van der Waals surface area (Å²) in [4.78, 5) is 0. The molecule has 1 fully saturated rings. The van der Waals surface area contributed by atoms with Gasteiger partial charge in [0.2, 0.25) is 0 Å². The van der Waals surface area contributed by atoms with Crippen molar-refractivity contribution in [1.82, 2.24) is 0 Å². The van der Waals surface area contributed by atoms with E-state index in [4.69, 9.17) is 10.5 Å². The quantitative estimate of drug-likeness (QED) is 0.668. The first-order chi connectivity index (χ1) is 8.68. The van der Waals surface area contributed by atoms with Gasteiger partial charge in [0.1, 0.15) is 0 Å². The lowest BCUT2D eigenvalue weighted by Gasteiger charge is -2.37. The molecular weight excluding hydrogens is 222 g/mol. The summed E-state index contributed by atoms with van der Waals surface area (Å²) in [6.07, 6.45) is 11.3. The molecule has 2 atom stereocenters. The van der Waals surface area contributed by atoms with Crippen molar-refractivity contribution in [3.63, 3.8) is 0 Å². The van der Waals surface area contributed by atoms with Gasteiger partial charge in [-0.2, -0.15) is 0 Å². The molecule has 2 unspecified atom stereocenters. The molecule has 1 saturated carbocycles. The van der Waals surface area contributed by atoms with Gasteiger partial charge < -0.3 is 10.5 Å². The average Bonchev–Trinajstić information content (AvgIpc) is 2.84. The Bertz CT molecular complexity index is 211. The number of rotatable bonds is 9. The maximum atomic E-state index is 6.52. The van der Waals surface area contributed by atoms with Crippen molar-refractivity contribution in [3.8, 4) is 0 Å². The fraction of sp³-hybridized carbons (Fsp3) is 1.00. The van der Waals surface area contributed by atoms with E-state index in [1.54, 1.807) is 0 Å². The van der Waals surface area contributed by atoms with Gasteiger partial charge in [0, 0.05) is 12.6 Å². The van der Waals surface area contributed by atoms with Gasteiger partial charge in [0.25, 0.3) is 0 Å². The molecule has 0 bridgehead atoms. The number of hydrogen-bond donors (Lipinski definition) is 1. The molecule has 0 spiro atoms. The van der Waals surface area contributed by atoms with Gasteiger partial charge in [-0.3, -0.25) is 0 Å². The Hall–Kier alpha value is -0.0800. The monoisotopic (exact) mass is 255 g/mol. The van der Waals surface area contributed by atoms with E-state index in [0.717, 1.165) is 18.9 Å². The summed E-state index contributed by atoms with van der Waals surface area (Å²) >= 11 is 0. The topological polar surface area (TPSA) is 35.2 Å². The van der Waals surface area contributed by atoms with Crippen LogP contribution in [-0.2, 0) is 4.74 Å². The minimum Gasteiger partial charge on any atom is -0.374 e. The van der Waals surface area contributed by atoms with E-state index in [1.807, 2.05) is 0 Å². The van der Waals surface area contributed by atoms with Crippen LogP contribution in [-0.4, -0.2) is 18.2 Å². The molecule has 2 nitrogen and oxygen atoms in total. The summed E-state index contributed by atoms with van der Waals surface area (Å²) in [5.41, 5.74) is 6.53. The first kappa shape index (κ1) is 16.0. The standard InChI is InChI=1S/C16H33NO/c1-4-7-10-14(5-2)13-15(17)16(18-6-3)11-8-9-12-16/h14-15H,4-13,17H2,1-3H3. The molecule has 2 N–H and O–H groups in total. The molecule has 0 aromatic heterocycles. The molecule has 0 heterocycles. The zero-order chi connectivity index (χ0) is 13.4. The molecule has 1 rings (SSSR count). The van der Waals surface area contributed by atoms with Crippen molar-refractivity contribution in [1.29, 1.82) is 0 Å². The number of unbranched alkanes of at least 4 members (excludes halogenated alkanes) is 1. The molecule has 1 aliphatic carbocycles. The van der Waals surface area contributed by atoms with Crippen molar-refractivity contribution >= 4 is 0 Å². The summed E-state index contributed by atoms with van der Waals surface area (Å²) in [5.74, 6) is 0.790. The highest BCUT2D eigenvalue weighted by atomic mass is 16.5. The van der Waals surface area contributed by atoms with Crippen LogP contribution in [0.3, 0.4) is 0 Å². The van der Waals surface area contributed by atoms with Crippen molar-refractivity contribution in [3.05, 3.63) is 0 Å². The third-order valence-electron chi connectivity index (χ3n) is 4.69. The predicted octanol–water partition coefficient (Wildman–Crippen LogP) is 4.27. The second-order valence-electron chi connectivity index (χ2n) is 5.96. The third kappa shape index (κ3) is 4.24. The molecule has 1 aliphatic rings. The maximum Gasteiger partial charge on any atom is 0.0832 e. The van der Waals surface area contributed by atoms with Gasteiger partial charge in [-0.1, -0.05) is 52.4 Å². The number of ether oxygens (including phenoxy) is 1. The van der Waals surface area contributed by atoms with Gasteiger partial charge in [-0.15, -0.1) is 0 Å². The van der Waals surface area contributed by atoms with Gasteiger partial charge >= 0.3 is 0 Å². The highest BCUT2D eigenvalue weighted by molar-refractivity contribution is 4.96. The van der Waals surface area contributed by atoms with Crippen LogP contribution < -0.4 is 5.73 Å². The Morgan fingerprint density at radius 2 is 1.83 bits per heavy atom. The zero-order valence-electron chi connectivity index (χ0n) is 12.7. The van der Waals surface area contributed by atoms with Crippen LogP contribution in [0.1, 0.15) is 78.6 Å². The predicted molar refractivity (Wildman–Crippen MR) is 78.7 cm³/mol. The third-order valence-corrected chi connectivity index (χ3v) is 4.69. The maximum absolute atomic E-state index is 6.52. The van der Waals surface area contributed by atoms with Gasteiger partial charge in [-0.05, 0) is 32.1 Å². The van der Waals surface area contributed by atoms with E-state index in [1.165, 1.54) is 51.4 Å². The highest BCUT2D eigenvalue weighted by Gasteiger charge is 2.40. The fourth-order valence-corrected chi connectivity index (χ4v) is 3.44. The molecule has 0 aromatic rings. The summed E-state index contributed by atoms with van der Waals surface area (Å²) in [5, 5.41) is 0. The first-order valence-electron chi connectivity index (χ1n) is 8.08. The summed E-state index contributed by atoms with van der Waals surface area (Å²) in [6, 6.07) is 0.238. The van der Waals surface area contributed by atoms with E-state index < -0.39 is 0 Å². The smallest absolute Gasteiger partial charge is 0.0832 e. The normalized spacial score (nSPS) is 22.0. The van der Waals surface area contributed by atoms with Crippen molar-refractivity contribution < 1.29 is 4.74 Å². The summed E-state index contributed by atoms with van der Waals surface area (Å²) < 4.78 is 6.08. The van der Waals surface area contributed by atoms with Crippen LogP contribution >= 0.6 is 0 Å². The van der Waals surface area contributed by atoms with E-state index in [9.17, 15) is 0 Å². The number of hydrogen-bond acceptors (Lipinski definition) is 2. The Morgan fingerprint density at radius 1 is 1.17 bits per heavy atom. The van der Waals surface area contributed by atoms with Crippen molar-refractivity contribution in [2.45, 2.75) is 90.2 Å². The highest BCUT2D eigenvalue weighted by Crippen LogP contribution is 2.38. The largest absolute Gasteiger partial charge is 0.374 e. The Kier molecular flexibility index (Phi) is 7.25. The van der Waals surface area contributed by atoms with Crippen LogP contribution in [0.15, 0.2) is 0 Å². The number of nitrogens with two attached hydrogens (primary N) is 1. The zero-order valence-corrected chi connectivity index (χ0v) is 12.7. The Morgan fingerprint density at radius 3 is 2.33 bits per heavy atom. The second kappa shape index (κ2) is 8.16. The van der Waals surface area contributed by atoms with Crippen LogP contribution in [0.25, 0.3) is 0 Å². The van der Waals surface area contributed by atoms with Crippen LogP contribution in [0.2, 0.25) is 0 Å². The average molecular weight is 255 g/mol. The molecule has 0 saturated heterocycles. The molecule has 0 aliphatic heterocycles. The molecule has 0 aromatic carbocycles. The molecule has 108 valence electrons. The molecular formula is C16H33NO. The van der Waals surface area contributed by atoms with Crippen LogP contribution in [0.5, 0.6) is 0 Å². The molecule has 2 heteroatoms. The van der Waals surface area contributed by atoms with Gasteiger partial charge in [0.05, 0.1) is 5.60 Å². The summed E-state index contributed by atoms with van der Waals surface area (Å²) in [6.45, 7) is 7.47. The molecule has 0 amide bonds. The lowest BCUT2D eigenvalue weighted by atomic mass is 9.83. The van der Waals surface area contributed by atoms with Crippen molar-refractivity contribution in [2.75, 3.05) is 6.61 Å². The van der Waals surface area contributed by atoms with E-state index >= 15 is 0 Å². The second-order valence-corrected chi connectivity index (χ2v) is 5.96. The van der Waals surface area contributed by atoms with Crippen molar-refractivity contribution in [2.24, 2.45) is 11.7 Å². The Labute approximate surface area is 114 Å². The molecule has 18 heavy (non-hydrogen) atoms. The van der Waals surface area contributed by atoms with Gasteiger partial charge in [0.15, 0.2) is 0 Å². The minimum atomic E-state index is 0.00832. The lowest BCUT2D eigenvalue weighted by Crippen LogP contribution is -2.49. The lowest BCUT2D eigenvalue weighted by molar-refractivity contribution is -0.0576. The van der Waals surface area contributed by atoms with Crippen LogP contribution in [0.4, 0.5) is 0 Å². The van der Waals surface area contributed by atoms with Crippen LogP contribution in [0, 0.1) is 5.92 Å². The Balaban J connectivity index is 2.51. The SMILES string of the molecule is CCCCC(CC)CC(N)C1(OCC)CCCC1. The fourth-order valence-electron chi connectivity index (χ4n) is 3.44. The first-order valence-corrected chi connectivity index (χ1v) is 8.08. The van der Waals surface area contributed by atoms with E-state index in [-0.39, 0.29) is 11.6 Å². The summed E-state index contributed by atoms with van der Waals surface area (Å²) in [7, 11) is 0. The molecule has 0 radical (unpaired) electrons. The van der Waals surface area contributed by atoms with E-state index in [2.05, 4.69) is 20.8 Å².